The Bertz CT molecular complexity index is 449. The molecule has 110 valence electrons. The van der Waals surface area contributed by atoms with E-state index < -0.39 is 0 Å². The summed E-state index contributed by atoms with van der Waals surface area (Å²) >= 11 is 0. The van der Waals surface area contributed by atoms with Gasteiger partial charge in [0.15, 0.2) is 11.5 Å². The van der Waals surface area contributed by atoms with Gasteiger partial charge in [0.2, 0.25) is 0 Å². The highest BCUT2D eigenvalue weighted by Crippen LogP contribution is 2.34. The van der Waals surface area contributed by atoms with Crippen LogP contribution in [0.2, 0.25) is 0 Å². The molecule has 0 heterocycles. The molecule has 0 fully saturated rings. The van der Waals surface area contributed by atoms with E-state index in [-0.39, 0.29) is 0 Å². The lowest BCUT2D eigenvalue weighted by molar-refractivity contribution is 0.261. The van der Waals surface area contributed by atoms with Gasteiger partial charge in [0, 0.05) is 0 Å². The van der Waals surface area contributed by atoms with Crippen molar-refractivity contribution >= 4 is 6.08 Å². The van der Waals surface area contributed by atoms with Crippen LogP contribution in [0, 0.1) is 0 Å². The van der Waals surface area contributed by atoms with Gasteiger partial charge in [0.05, 0.1) is 13.2 Å². The lowest BCUT2D eigenvalue weighted by atomic mass is 9.97. The average molecular weight is 274 g/mol. The Morgan fingerprint density at radius 2 is 1.60 bits per heavy atom. The van der Waals surface area contributed by atoms with Crippen LogP contribution >= 0.6 is 0 Å². The second kappa shape index (κ2) is 7.98. The molecule has 0 amide bonds. The zero-order chi connectivity index (χ0) is 14.2. The van der Waals surface area contributed by atoms with Crippen LogP contribution in [0.25, 0.3) is 6.08 Å². The van der Waals surface area contributed by atoms with Crippen LogP contribution in [0.3, 0.4) is 0 Å². The maximum atomic E-state index is 5.93. The minimum absolute atomic E-state index is 0.767. The highest BCUT2D eigenvalue weighted by molar-refractivity contribution is 5.62. The Hall–Kier alpha value is -1.44. The molecule has 0 radical (unpaired) electrons. The normalized spacial score (nSPS) is 13.1. The Kier molecular flexibility index (Phi) is 5.97. The highest BCUT2D eigenvalue weighted by atomic mass is 16.5. The second-order valence-electron chi connectivity index (χ2n) is 5.34. The molecule has 0 N–H and O–H groups in total. The van der Waals surface area contributed by atoms with E-state index in [1.807, 2.05) is 0 Å². The molecule has 1 aromatic carbocycles. The van der Waals surface area contributed by atoms with Gasteiger partial charge in [0.1, 0.15) is 0 Å². The van der Waals surface area contributed by atoms with Crippen LogP contribution in [0.4, 0.5) is 0 Å². The Morgan fingerprint density at radius 3 is 2.25 bits per heavy atom. The van der Waals surface area contributed by atoms with Crippen molar-refractivity contribution in [3.05, 3.63) is 29.3 Å². The van der Waals surface area contributed by atoms with Gasteiger partial charge in [-0.3, -0.25) is 0 Å². The number of aryl methyl sites for hydroxylation is 1. The number of allylic oxidation sites excluding steroid dienone is 1. The van der Waals surface area contributed by atoms with Gasteiger partial charge in [-0.15, -0.1) is 0 Å². The zero-order valence-corrected chi connectivity index (χ0v) is 12.8. The number of benzene rings is 1. The first-order valence-electron chi connectivity index (χ1n) is 7.94. The van der Waals surface area contributed by atoms with Crippen LogP contribution in [0.5, 0.6) is 11.5 Å². The molecule has 0 spiro atoms. The van der Waals surface area contributed by atoms with Crippen molar-refractivity contribution in [3.63, 3.8) is 0 Å². The number of hydrogen-bond donors (Lipinski definition) is 0. The molecule has 0 atom stereocenters. The van der Waals surface area contributed by atoms with Gasteiger partial charge in [-0.25, -0.2) is 0 Å². The third kappa shape index (κ3) is 4.03. The summed E-state index contributed by atoms with van der Waals surface area (Å²) in [7, 11) is 0. The highest BCUT2D eigenvalue weighted by Gasteiger charge is 2.12. The molecular weight excluding hydrogens is 248 g/mol. The van der Waals surface area contributed by atoms with E-state index in [1.54, 1.807) is 0 Å². The van der Waals surface area contributed by atoms with E-state index >= 15 is 0 Å². The van der Waals surface area contributed by atoms with E-state index in [4.69, 9.17) is 9.47 Å². The fourth-order valence-corrected chi connectivity index (χ4v) is 2.32. The van der Waals surface area contributed by atoms with Gasteiger partial charge in [-0.2, -0.15) is 0 Å². The monoisotopic (exact) mass is 274 g/mol. The molecular formula is C18H26O2. The van der Waals surface area contributed by atoms with E-state index in [2.05, 4.69) is 38.1 Å². The fourth-order valence-electron chi connectivity index (χ4n) is 2.32. The first-order chi connectivity index (χ1) is 9.85. The van der Waals surface area contributed by atoms with Gasteiger partial charge < -0.3 is 9.47 Å². The second-order valence-corrected chi connectivity index (χ2v) is 5.34. The lowest BCUT2D eigenvalue weighted by Gasteiger charge is -2.17. The summed E-state index contributed by atoms with van der Waals surface area (Å²) in [4.78, 5) is 0. The average Bonchev–Trinajstić information content (AvgIpc) is 2.48. The summed E-state index contributed by atoms with van der Waals surface area (Å²) in [6.07, 6.45) is 11.1. The predicted molar refractivity (Wildman–Crippen MR) is 84.6 cm³/mol. The van der Waals surface area contributed by atoms with Crippen molar-refractivity contribution < 1.29 is 9.47 Å². The van der Waals surface area contributed by atoms with Gasteiger partial charge in [-0.1, -0.05) is 38.8 Å². The maximum Gasteiger partial charge on any atom is 0.161 e. The molecule has 1 aliphatic carbocycles. The molecule has 0 aromatic heterocycles. The smallest absolute Gasteiger partial charge is 0.161 e. The minimum atomic E-state index is 0.767. The summed E-state index contributed by atoms with van der Waals surface area (Å²) < 4.78 is 11.8. The van der Waals surface area contributed by atoms with Gasteiger partial charge >= 0.3 is 0 Å². The summed E-state index contributed by atoms with van der Waals surface area (Å²) in [5, 5.41) is 0. The molecule has 2 rings (SSSR count). The first-order valence-corrected chi connectivity index (χ1v) is 7.94. The fraction of sp³-hybridized carbons (Fsp3) is 0.556. The summed E-state index contributed by atoms with van der Waals surface area (Å²) in [6, 6.07) is 4.32. The van der Waals surface area contributed by atoms with Crippen molar-refractivity contribution in [2.45, 2.75) is 52.4 Å². The summed E-state index contributed by atoms with van der Waals surface area (Å²) in [5.41, 5.74) is 2.66. The number of hydrogen-bond acceptors (Lipinski definition) is 2. The molecule has 1 aromatic rings. The van der Waals surface area contributed by atoms with Crippen LogP contribution in [-0.2, 0) is 6.42 Å². The van der Waals surface area contributed by atoms with Crippen molar-refractivity contribution in [2.24, 2.45) is 0 Å². The Labute approximate surface area is 122 Å². The third-order valence-electron chi connectivity index (χ3n) is 3.59. The zero-order valence-electron chi connectivity index (χ0n) is 12.8. The number of ether oxygens (including phenoxy) is 2. The quantitative estimate of drug-likeness (QED) is 0.621. The number of fused-ring (bicyclic) bond motifs is 1. The molecule has 0 unspecified atom stereocenters. The van der Waals surface area contributed by atoms with Crippen molar-refractivity contribution in [2.75, 3.05) is 13.2 Å². The minimum Gasteiger partial charge on any atom is -0.490 e. The summed E-state index contributed by atoms with van der Waals surface area (Å²) in [6.45, 7) is 5.90. The molecule has 0 saturated heterocycles. The molecule has 0 saturated carbocycles. The van der Waals surface area contributed by atoms with Crippen molar-refractivity contribution in [3.8, 4) is 11.5 Å². The van der Waals surface area contributed by atoms with Gasteiger partial charge in [0.25, 0.3) is 0 Å². The molecule has 2 heteroatoms. The first kappa shape index (κ1) is 15.0. The third-order valence-corrected chi connectivity index (χ3v) is 3.59. The molecule has 0 aliphatic heterocycles. The predicted octanol–water partition coefficient (Wildman–Crippen LogP) is 5.00. The van der Waals surface area contributed by atoms with Crippen LogP contribution in [-0.4, -0.2) is 13.2 Å². The van der Waals surface area contributed by atoms with E-state index in [0.717, 1.165) is 63.2 Å². The molecule has 1 aliphatic rings. The summed E-state index contributed by atoms with van der Waals surface area (Å²) in [5.74, 6) is 1.82. The SMILES string of the molecule is CCCCOc1cc2c(cc1OCCCC)CCC=C2. The van der Waals surface area contributed by atoms with Crippen molar-refractivity contribution in [1.29, 1.82) is 0 Å². The standard InChI is InChI=1S/C18H26O2/c1-3-5-11-19-17-13-15-9-7-8-10-16(15)14-18(17)20-12-6-4-2/h7,9,13-14H,3-6,8,10-12H2,1-2H3. The van der Waals surface area contributed by atoms with E-state index in [9.17, 15) is 0 Å². The van der Waals surface area contributed by atoms with E-state index in [1.165, 1.54) is 11.1 Å². The lowest BCUT2D eigenvalue weighted by Crippen LogP contribution is -2.05. The largest absolute Gasteiger partial charge is 0.490 e. The number of rotatable bonds is 8. The number of unbranched alkanes of at least 4 members (excludes halogenated alkanes) is 2. The van der Waals surface area contributed by atoms with Crippen LogP contribution in [0.1, 0.15) is 57.1 Å². The maximum absolute atomic E-state index is 5.93. The molecule has 2 nitrogen and oxygen atoms in total. The Morgan fingerprint density at radius 1 is 0.950 bits per heavy atom. The van der Waals surface area contributed by atoms with Crippen molar-refractivity contribution in [1.82, 2.24) is 0 Å². The molecule has 20 heavy (non-hydrogen) atoms. The van der Waals surface area contributed by atoms with E-state index in [0.29, 0.717) is 0 Å². The topological polar surface area (TPSA) is 18.5 Å². The Balaban J connectivity index is 2.14. The van der Waals surface area contributed by atoms with Crippen LogP contribution < -0.4 is 9.47 Å². The van der Waals surface area contributed by atoms with Gasteiger partial charge in [-0.05, 0) is 48.9 Å². The molecule has 0 bridgehead atoms. The van der Waals surface area contributed by atoms with Crippen LogP contribution in [0.15, 0.2) is 18.2 Å².